The van der Waals surface area contributed by atoms with Gasteiger partial charge in [0.15, 0.2) is 10.8 Å². The topological polar surface area (TPSA) is 72.4 Å². The lowest BCUT2D eigenvalue weighted by atomic mass is 9.98. The summed E-state index contributed by atoms with van der Waals surface area (Å²) in [6.45, 7) is 3.54. The van der Waals surface area contributed by atoms with Crippen molar-refractivity contribution in [2.75, 3.05) is 13.1 Å². The number of rotatable bonds is 2. The van der Waals surface area contributed by atoms with Gasteiger partial charge in [-0.25, -0.2) is 4.98 Å². The number of carbonyl (C=O) groups excluding carboxylic acids is 1. The molecule has 3 heterocycles. The van der Waals surface area contributed by atoms with Crippen molar-refractivity contribution in [2.24, 2.45) is 17.6 Å². The van der Waals surface area contributed by atoms with Gasteiger partial charge in [0, 0.05) is 24.0 Å². The van der Waals surface area contributed by atoms with Crippen LogP contribution >= 0.6 is 11.3 Å². The van der Waals surface area contributed by atoms with Crippen LogP contribution in [0, 0.1) is 18.8 Å². The van der Waals surface area contributed by atoms with Crippen molar-refractivity contribution in [2.45, 2.75) is 25.8 Å². The number of nitrogens with zero attached hydrogens (tertiary/aromatic N) is 2. The number of nitrogens with two attached hydrogens (primary N) is 1. The Morgan fingerprint density at radius 2 is 2.32 bits per heavy atom. The smallest absolute Gasteiger partial charge is 0.273 e. The highest BCUT2D eigenvalue weighted by molar-refractivity contribution is 7.15. The van der Waals surface area contributed by atoms with E-state index in [2.05, 4.69) is 4.98 Å². The van der Waals surface area contributed by atoms with Crippen molar-refractivity contribution in [3.05, 3.63) is 29.0 Å². The summed E-state index contributed by atoms with van der Waals surface area (Å²) in [5, 5.41) is 0.766. The van der Waals surface area contributed by atoms with Gasteiger partial charge in [-0.2, -0.15) is 0 Å². The number of aryl methyl sites for hydroxylation is 1. The summed E-state index contributed by atoms with van der Waals surface area (Å²) < 4.78 is 5.37. The minimum atomic E-state index is 0.0353. The second-order valence-electron chi connectivity index (χ2n) is 6.28. The van der Waals surface area contributed by atoms with Gasteiger partial charge in [0.25, 0.3) is 5.91 Å². The normalized spacial score (nSPS) is 27.4. The molecule has 1 saturated carbocycles. The molecule has 4 rings (SSSR count). The molecule has 1 aliphatic heterocycles. The molecule has 2 N–H and O–H groups in total. The summed E-state index contributed by atoms with van der Waals surface area (Å²) in [5.74, 6) is 1.79. The van der Waals surface area contributed by atoms with Crippen molar-refractivity contribution < 1.29 is 9.21 Å². The molecular formula is C16H19N3O2S. The maximum absolute atomic E-state index is 12.8. The van der Waals surface area contributed by atoms with E-state index in [1.165, 1.54) is 11.3 Å². The zero-order valence-electron chi connectivity index (χ0n) is 12.5. The van der Waals surface area contributed by atoms with E-state index in [-0.39, 0.29) is 11.9 Å². The monoisotopic (exact) mass is 317 g/mol. The van der Waals surface area contributed by atoms with Gasteiger partial charge in [-0.1, -0.05) is 0 Å². The standard InChI is InChI=1S/C16H19N3O2S/c1-9-14(18-15(22-9)13-3-2-6-21-13)16(20)19-7-10-4-5-12(17)11(10)8-19/h2-3,6,10-12H,4-5,7-8,17H2,1H3. The van der Waals surface area contributed by atoms with Crippen LogP contribution in [0.25, 0.3) is 10.8 Å². The first-order valence-corrected chi connectivity index (χ1v) is 8.51. The summed E-state index contributed by atoms with van der Waals surface area (Å²) >= 11 is 1.50. The minimum absolute atomic E-state index is 0.0353. The van der Waals surface area contributed by atoms with Gasteiger partial charge in [-0.3, -0.25) is 4.79 Å². The van der Waals surface area contributed by atoms with Gasteiger partial charge in [-0.05, 0) is 43.7 Å². The Morgan fingerprint density at radius 1 is 1.45 bits per heavy atom. The molecular weight excluding hydrogens is 298 g/mol. The summed E-state index contributed by atoms with van der Waals surface area (Å²) in [6, 6.07) is 3.94. The molecule has 1 saturated heterocycles. The second-order valence-corrected chi connectivity index (χ2v) is 7.48. The molecule has 1 aliphatic carbocycles. The van der Waals surface area contributed by atoms with Gasteiger partial charge in [0.05, 0.1) is 6.26 Å². The van der Waals surface area contributed by atoms with Crippen molar-refractivity contribution in [1.82, 2.24) is 9.88 Å². The number of amides is 1. The maximum Gasteiger partial charge on any atom is 0.273 e. The molecule has 2 aliphatic rings. The fourth-order valence-electron chi connectivity index (χ4n) is 3.72. The number of likely N-dealkylation sites (tertiary alicyclic amines) is 1. The fraction of sp³-hybridized carbons (Fsp3) is 0.500. The lowest BCUT2D eigenvalue weighted by Crippen LogP contribution is -2.33. The lowest BCUT2D eigenvalue weighted by molar-refractivity contribution is 0.0774. The number of thiazole rings is 1. The SMILES string of the molecule is Cc1sc(-c2ccco2)nc1C(=O)N1CC2CCC(N)C2C1. The summed E-state index contributed by atoms with van der Waals surface area (Å²) in [4.78, 5) is 20.2. The number of furan rings is 1. The average molecular weight is 317 g/mol. The molecule has 3 atom stereocenters. The van der Waals surface area contributed by atoms with Crippen LogP contribution < -0.4 is 5.73 Å². The van der Waals surface area contributed by atoms with Crippen LogP contribution in [0.1, 0.15) is 28.2 Å². The third-order valence-corrected chi connectivity index (χ3v) is 5.92. The Labute approximate surface area is 133 Å². The zero-order chi connectivity index (χ0) is 15.3. The van der Waals surface area contributed by atoms with E-state index < -0.39 is 0 Å². The first-order valence-electron chi connectivity index (χ1n) is 7.69. The number of hydrogen-bond acceptors (Lipinski definition) is 5. The van der Waals surface area contributed by atoms with E-state index in [4.69, 9.17) is 10.2 Å². The summed E-state index contributed by atoms with van der Waals surface area (Å²) in [6.07, 6.45) is 3.86. The maximum atomic E-state index is 12.8. The molecule has 0 aromatic carbocycles. The molecule has 116 valence electrons. The molecule has 0 bridgehead atoms. The molecule has 2 aromatic rings. The van der Waals surface area contributed by atoms with Crippen molar-refractivity contribution in [1.29, 1.82) is 0 Å². The Kier molecular flexibility index (Phi) is 3.31. The van der Waals surface area contributed by atoms with Crippen LogP contribution in [0.5, 0.6) is 0 Å². The predicted octanol–water partition coefficient (Wildman–Crippen LogP) is 2.52. The van der Waals surface area contributed by atoms with Crippen LogP contribution in [0.15, 0.2) is 22.8 Å². The third-order valence-electron chi connectivity index (χ3n) is 4.93. The van der Waals surface area contributed by atoms with E-state index in [1.807, 2.05) is 24.0 Å². The Hall–Kier alpha value is -1.66. The highest BCUT2D eigenvalue weighted by atomic mass is 32.1. The third kappa shape index (κ3) is 2.18. The zero-order valence-corrected chi connectivity index (χ0v) is 13.3. The Bertz CT molecular complexity index is 694. The number of aromatic nitrogens is 1. The molecule has 22 heavy (non-hydrogen) atoms. The van der Waals surface area contributed by atoms with E-state index >= 15 is 0 Å². The number of carbonyl (C=O) groups is 1. The van der Waals surface area contributed by atoms with E-state index in [1.54, 1.807) is 6.26 Å². The minimum Gasteiger partial charge on any atom is -0.462 e. The van der Waals surface area contributed by atoms with E-state index in [0.717, 1.165) is 35.8 Å². The molecule has 1 amide bonds. The molecule has 6 heteroatoms. The van der Waals surface area contributed by atoms with Gasteiger partial charge >= 0.3 is 0 Å². The second kappa shape index (κ2) is 5.21. The number of hydrogen-bond donors (Lipinski definition) is 1. The van der Waals surface area contributed by atoms with Crippen molar-refractivity contribution in [3.63, 3.8) is 0 Å². The van der Waals surface area contributed by atoms with Gasteiger partial charge in [0.2, 0.25) is 0 Å². The molecule has 3 unspecified atom stereocenters. The van der Waals surface area contributed by atoms with Crippen molar-refractivity contribution in [3.8, 4) is 10.8 Å². The van der Waals surface area contributed by atoms with Crippen molar-refractivity contribution >= 4 is 17.2 Å². The summed E-state index contributed by atoms with van der Waals surface area (Å²) in [7, 11) is 0. The van der Waals surface area contributed by atoms with E-state index in [0.29, 0.717) is 23.3 Å². The molecule has 2 aromatic heterocycles. The lowest BCUT2D eigenvalue weighted by Gasteiger charge is -2.18. The first kappa shape index (κ1) is 14.0. The van der Waals surface area contributed by atoms with E-state index in [9.17, 15) is 4.79 Å². The average Bonchev–Trinajstić information content (AvgIpc) is 3.23. The molecule has 5 nitrogen and oxygen atoms in total. The molecule has 2 fully saturated rings. The Balaban J connectivity index is 1.56. The van der Waals surface area contributed by atoms with Gasteiger partial charge in [-0.15, -0.1) is 11.3 Å². The highest BCUT2D eigenvalue weighted by Gasteiger charge is 2.43. The Morgan fingerprint density at radius 3 is 3.05 bits per heavy atom. The predicted molar refractivity (Wildman–Crippen MR) is 84.6 cm³/mol. The largest absolute Gasteiger partial charge is 0.462 e. The first-order chi connectivity index (χ1) is 10.6. The molecule has 0 spiro atoms. The van der Waals surface area contributed by atoms with Crippen LogP contribution in [-0.2, 0) is 0 Å². The highest BCUT2D eigenvalue weighted by Crippen LogP contribution is 2.38. The molecule has 0 radical (unpaired) electrons. The van der Waals surface area contributed by atoms with Crippen LogP contribution in [0.4, 0.5) is 0 Å². The quantitative estimate of drug-likeness (QED) is 0.924. The number of fused-ring (bicyclic) bond motifs is 1. The van der Waals surface area contributed by atoms with Crippen LogP contribution in [-0.4, -0.2) is 34.9 Å². The fourth-order valence-corrected chi connectivity index (χ4v) is 4.60. The summed E-state index contributed by atoms with van der Waals surface area (Å²) in [5.41, 5.74) is 6.72. The van der Waals surface area contributed by atoms with Gasteiger partial charge < -0.3 is 15.1 Å². The van der Waals surface area contributed by atoms with Gasteiger partial charge in [0.1, 0.15) is 5.69 Å². The van der Waals surface area contributed by atoms with Crippen LogP contribution in [0.2, 0.25) is 0 Å². The van der Waals surface area contributed by atoms with Crippen LogP contribution in [0.3, 0.4) is 0 Å².